The van der Waals surface area contributed by atoms with Gasteiger partial charge >= 0.3 is 5.97 Å². The van der Waals surface area contributed by atoms with Crippen molar-refractivity contribution in [3.63, 3.8) is 0 Å². The van der Waals surface area contributed by atoms with E-state index in [-0.39, 0.29) is 16.1 Å². The van der Waals surface area contributed by atoms with Crippen molar-refractivity contribution in [2.24, 2.45) is 0 Å². The first-order valence-corrected chi connectivity index (χ1v) is 8.51. The van der Waals surface area contributed by atoms with E-state index < -0.39 is 16.0 Å². The smallest absolute Gasteiger partial charge is 0.337 e. The van der Waals surface area contributed by atoms with Crippen LogP contribution in [0.5, 0.6) is 0 Å². The molecule has 1 aromatic carbocycles. The number of thiophene rings is 1. The van der Waals surface area contributed by atoms with Crippen LogP contribution in [0.3, 0.4) is 0 Å². The zero-order valence-corrected chi connectivity index (χ0v) is 13.5. The Morgan fingerprint density at radius 2 is 2.00 bits per heavy atom. The first-order chi connectivity index (χ1) is 9.31. The number of anilines is 1. The molecule has 20 heavy (non-hydrogen) atoms. The van der Waals surface area contributed by atoms with Gasteiger partial charge in [-0.15, -0.1) is 11.3 Å². The Bertz CT molecular complexity index is 768. The molecule has 1 heterocycles. The number of rotatable bonds is 4. The Balaban J connectivity index is 2.44. The van der Waals surface area contributed by atoms with E-state index in [0.717, 1.165) is 0 Å². The summed E-state index contributed by atoms with van der Waals surface area (Å²) in [5.41, 5.74) is -0.0512. The Labute approximate surface area is 128 Å². The second-order valence-corrected chi connectivity index (χ2v) is 8.21. The Kier molecular flexibility index (Phi) is 4.17. The van der Waals surface area contributed by atoms with Crippen molar-refractivity contribution < 1.29 is 18.3 Å². The number of para-hydroxylation sites is 1. The summed E-state index contributed by atoms with van der Waals surface area (Å²) in [6.45, 7) is 1.69. The van der Waals surface area contributed by atoms with Gasteiger partial charge in [0.25, 0.3) is 10.0 Å². The SMILES string of the molecule is Cc1sc(Br)cc1S(=O)(=O)Nc1ccccc1C(=O)O. The number of aryl methyl sites for hydroxylation is 1. The second-order valence-electron chi connectivity index (χ2n) is 3.93. The zero-order chi connectivity index (χ0) is 14.9. The molecule has 0 unspecified atom stereocenters. The summed E-state index contributed by atoms with van der Waals surface area (Å²) in [5.74, 6) is -1.19. The van der Waals surface area contributed by atoms with E-state index in [9.17, 15) is 13.2 Å². The molecule has 0 spiro atoms. The molecule has 2 N–H and O–H groups in total. The van der Waals surface area contributed by atoms with Gasteiger partial charge < -0.3 is 5.11 Å². The monoisotopic (exact) mass is 375 g/mol. The summed E-state index contributed by atoms with van der Waals surface area (Å²) >= 11 is 4.53. The predicted octanol–water partition coefficient (Wildman–Crippen LogP) is 3.32. The minimum Gasteiger partial charge on any atom is -0.478 e. The zero-order valence-electron chi connectivity index (χ0n) is 10.3. The fourth-order valence-corrected chi connectivity index (χ4v) is 5.15. The van der Waals surface area contributed by atoms with Gasteiger partial charge in [0.15, 0.2) is 0 Å². The average molecular weight is 376 g/mol. The van der Waals surface area contributed by atoms with Crippen molar-refractivity contribution in [2.45, 2.75) is 11.8 Å². The molecular weight excluding hydrogens is 366 g/mol. The summed E-state index contributed by atoms with van der Waals surface area (Å²) in [7, 11) is -3.81. The van der Waals surface area contributed by atoms with Crippen LogP contribution in [-0.2, 0) is 10.0 Å². The van der Waals surface area contributed by atoms with Crippen LogP contribution in [0.2, 0.25) is 0 Å². The van der Waals surface area contributed by atoms with Gasteiger partial charge in [0.1, 0.15) is 4.90 Å². The van der Waals surface area contributed by atoms with Crippen LogP contribution in [0.4, 0.5) is 5.69 Å². The van der Waals surface area contributed by atoms with Gasteiger partial charge in [-0.25, -0.2) is 13.2 Å². The molecule has 0 aliphatic rings. The van der Waals surface area contributed by atoms with Crippen molar-refractivity contribution >= 4 is 48.9 Å². The lowest BCUT2D eigenvalue weighted by Gasteiger charge is -2.09. The summed E-state index contributed by atoms with van der Waals surface area (Å²) in [6, 6.07) is 7.36. The molecule has 0 saturated heterocycles. The minimum atomic E-state index is -3.81. The van der Waals surface area contributed by atoms with Crippen LogP contribution >= 0.6 is 27.3 Å². The van der Waals surface area contributed by atoms with E-state index in [4.69, 9.17) is 5.11 Å². The first kappa shape index (κ1) is 15.0. The number of carboxylic acid groups (broad SMARTS) is 1. The van der Waals surface area contributed by atoms with Crippen molar-refractivity contribution in [2.75, 3.05) is 4.72 Å². The maximum Gasteiger partial charge on any atom is 0.337 e. The molecular formula is C12H10BrNO4S2. The lowest BCUT2D eigenvalue weighted by Crippen LogP contribution is -2.15. The van der Waals surface area contributed by atoms with E-state index in [1.165, 1.54) is 35.6 Å². The molecule has 5 nitrogen and oxygen atoms in total. The summed E-state index contributed by atoms with van der Waals surface area (Å²) < 4.78 is 27.6. The number of carbonyl (C=O) groups is 1. The van der Waals surface area contributed by atoms with Crippen molar-refractivity contribution in [1.29, 1.82) is 0 Å². The summed E-state index contributed by atoms with van der Waals surface area (Å²) in [6.07, 6.45) is 0. The van der Waals surface area contributed by atoms with E-state index in [0.29, 0.717) is 8.66 Å². The second kappa shape index (κ2) is 5.55. The maximum absolute atomic E-state index is 12.3. The van der Waals surface area contributed by atoms with Gasteiger partial charge in [0.2, 0.25) is 0 Å². The number of hydrogen-bond acceptors (Lipinski definition) is 4. The van der Waals surface area contributed by atoms with Crippen molar-refractivity contribution in [3.05, 3.63) is 44.6 Å². The number of sulfonamides is 1. The van der Waals surface area contributed by atoms with Crippen LogP contribution in [0.25, 0.3) is 0 Å². The molecule has 2 rings (SSSR count). The number of hydrogen-bond donors (Lipinski definition) is 2. The van der Waals surface area contributed by atoms with Gasteiger partial charge in [0.05, 0.1) is 15.0 Å². The number of halogens is 1. The van der Waals surface area contributed by atoms with Crippen LogP contribution < -0.4 is 4.72 Å². The van der Waals surface area contributed by atoms with Crippen LogP contribution in [0, 0.1) is 6.92 Å². The summed E-state index contributed by atoms with van der Waals surface area (Å²) in [5, 5.41) is 9.05. The standard InChI is InChI=1S/C12H10BrNO4S2/c1-7-10(6-11(13)19-7)20(17,18)14-9-5-3-2-4-8(9)12(15)16/h2-6,14H,1H3,(H,15,16). The highest BCUT2D eigenvalue weighted by Gasteiger charge is 2.21. The molecule has 0 atom stereocenters. The van der Waals surface area contributed by atoms with Crippen LogP contribution in [-0.4, -0.2) is 19.5 Å². The Morgan fingerprint density at radius 1 is 1.35 bits per heavy atom. The van der Waals surface area contributed by atoms with Gasteiger partial charge in [0, 0.05) is 4.88 Å². The normalized spacial score (nSPS) is 11.3. The fourth-order valence-electron chi connectivity index (χ4n) is 1.66. The largest absolute Gasteiger partial charge is 0.478 e. The van der Waals surface area contributed by atoms with Crippen molar-refractivity contribution in [3.8, 4) is 0 Å². The molecule has 8 heteroatoms. The summed E-state index contributed by atoms with van der Waals surface area (Å²) in [4.78, 5) is 11.8. The lowest BCUT2D eigenvalue weighted by molar-refractivity contribution is 0.0698. The van der Waals surface area contributed by atoms with E-state index >= 15 is 0 Å². The molecule has 0 fully saturated rings. The highest BCUT2D eigenvalue weighted by Crippen LogP contribution is 2.31. The van der Waals surface area contributed by atoms with Gasteiger partial charge in [-0.1, -0.05) is 12.1 Å². The topological polar surface area (TPSA) is 83.5 Å². The third-order valence-electron chi connectivity index (χ3n) is 2.53. The quantitative estimate of drug-likeness (QED) is 0.858. The molecule has 0 bridgehead atoms. The minimum absolute atomic E-state index is 0.0433. The van der Waals surface area contributed by atoms with Crippen LogP contribution in [0.1, 0.15) is 15.2 Å². The van der Waals surface area contributed by atoms with Crippen molar-refractivity contribution in [1.82, 2.24) is 0 Å². The predicted molar refractivity (Wildman–Crippen MR) is 81.0 cm³/mol. The van der Waals surface area contributed by atoms with Crippen LogP contribution in [0.15, 0.2) is 39.0 Å². The molecule has 0 aliphatic heterocycles. The number of aromatic carboxylic acids is 1. The number of nitrogens with one attached hydrogen (secondary N) is 1. The third-order valence-corrected chi connectivity index (χ3v) is 5.71. The molecule has 0 aliphatic carbocycles. The lowest BCUT2D eigenvalue weighted by atomic mass is 10.2. The highest BCUT2D eigenvalue weighted by atomic mass is 79.9. The van der Waals surface area contributed by atoms with E-state index in [2.05, 4.69) is 20.7 Å². The Morgan fingerprint density at radius 3 is 2.55 bits per heavy atom. The molecule has 106 valence electrons. The number of carboxylic acids is 1. The van der Waals surface area contributed by atoms with Gasteiger partial charge in [-0.05, 0) is 41.1 Å². The maximum atomic E-state index is 12.3. The fraction of sp³-hybridized carbons (Fsp3) is 0.0833. The Hall–Kier alpha value is -1.38. The number of benzene rings is 1. The van der Waals surface area contributed by atoms with Gasteiger partial charge in [-0.3, -0.25) is 4.72 Å². The average Bonchev–Trinajstić information content (AvgIpc) is 2.69. The molecule has 2 aromatic rings. The highest BCUT2D eigenvalue weighted by molar-refractivity contribution is 9.11. The van der Waals surface area contributed by atoms with E-state index in [1.807, 2.05) is 0 Å². The van der Waals surface area contributed by atoms with E-state index in [1.54, 1.807) is 13.0 Å². The third kappa shape index (κ3) is 3.02. The van der Waals surface area contributed by atoms with Gasteiger partial charge in [-0.2, -0.15) is 0 Å². The molecule has 0 radical (unpaired) electrons. The molecule has 1 aromatic heterocycles. The molecule has 0 saturated carbocycles. The first-order valence-electron chi connectivity index (χ1n) is 5.42. The molecule has 0 amide bonds.